The Bertz CT molecular complexity index is 711. The van der Waals surface area contributed by atoms with Crippen LogP contribution in [-0.2, 0) is 9.53 Å². The molecule has 7 nitrogen and oxygen atoms in total. The predicted octanol–water partition coefficient (Wildman–Crippen LogP) is 1.36. The van der Waals surface area contributed by atoms with Gasteiger partial charge >= 0.3 is 5.97 Å². The molecule has 0 aliphatic carbocycles. The van der Waals surface area contributed by atoms with Crippen molar-refractivity contribution in [3.63, 3.8) is 0 Å². The van der Waals surface area contributed by atoms with Crippen LogP contribution in [0.15, 0.2) is 18.2 Å². The number of hydrogen-bond acceptors (Lipinski definition) is 5. The summed E-state index contributed by atoms with van der Waals surface area (Å²) in [6.07, 6.45) is -0.373. The van der Waals surface area contributed by atoms with Crippen molar-refractivity contribution in [2.45, 2.75) is 33.3 Å². The van der Waals surface area contributed by atoms with Gasteiger partial charge in [0.1, 0.15) is 0 Å². The largest absolute Gasteiger partial charge is 0.449 e. The van der Waals surface area contributed by atoms with Crippen molar-refractivity contribution in [1.82, 2.24) is 4.90 Å². The van der Waals surface area contributed by atoms with Crippen LogP contribution < -0.4 is 5.73 Å². The number of imide groups is 1. The minimum absolute atomic E-state index is 0.0914. The predicted molar refractivity (Wildman–Crippen MR) is 85.3 cm³/mol. The van der Waals surface area contributed by atoms with E-state index in [4.69, 9.17) is 10.5 Å². The highest BCUT2D eigenvalue weighted by Gasteiger charge is 2.36. The van der Waals surface area contributed by atoms with Gasteiger partial charge in [-0.25, -0.2) is 4.79 Å². The first-order valence-corrected chi connectivity index (χ1v) is 7.73. The Morgan fingerprint density at radius 3 is 2.33 bits per heavy atom. The summed E-state index contributed by atoms with van der Waals surface area (Å²) < 4.78 is 4.90. The van der Waals surface area contributed by atoms with Crippen molar-refractivity contribution in [3.8, 4) is 0 Å². The zero-order chi connectivity index (χ0) is 18.0. The van der Waals surface area contributed by atoms with Crippen molar-refractivity contribution < 1.29 is 23.9 Å². The molecule has 0 saturated carbocycles. The molecule has 1 aliphatic rings. The SMILES string of the molecule is CC(C)CCN1C(=O)c2ccc(C(=O)O[C@H](C)C(N)=O)cc2C1=O. The number of benzene rings is 1. The van der Waals surface area contributed by atoms with E-state index in [1.165, 1.54) is 30.0 Å². The molecular formula is C17H20N2O5. The van der Waals surface area contributed by atoms with Gasteiger partial charge in [-0.3, -0.25) is 19.3 Å². The number of nitrogens with zero attached hydrogens (tertiary/aromatic N) is 1. The van der Waals surface area contributed by atoms with Crippen molar-refractivity contribution in [2.24, 2.45) is 11.7 Å². The van der Waals surface area contributed by atoms with Crippen LogP contribution in [0, 0.1) is 5.92 Å². The van der Waals surface area contributed by atoms with Gasteiger partial charge in [0.15, 0.2) is 6.10 Å². The summed E-state index contributed by atoms with van der Waals surface area (Å²) in [5.74, 6) is -1.97. The maximum absolute atomic E-state index is 12.4. The first-order valence-electron chi connectivity index (χ1n) is 7.73. The second-order valence-corrected chi connectivity index (χ2v) is 6.15. The fourth-order valence-corrected chi connectivity index (χ4v) is 2.29. The number of ether oxygens (including phenoxy) is 1. The Morgan fingerprint density at radius 1 is 1.12 bits per heavy atom. The summed E-state index contributed by atoms with van der Waals surface area (Å²) in [6, 6.07) is 4.14. The molecule has 2 N–H and O–H groups in total. The molecule has 0 aromatic heterocycles. The lowest BCUT2D eigenvalue weighted by atomic mass is 10.1. The second kappa shape index (κ2) is 6.82. The van der Waals surface area contributed by atoms with Crippen molar-refractivity contribution in [1.29, 1.82) is 0 Å². The topological polar surface area (TPSA) is 107 Å². The van der Waals surface area contributed by atoms with Crippen molar-refractivity contribution in [3.05, 3.63) is 34.9 Å². The van der Waals surface area contributed by atoms with Crippen LogP contribution in [0.1, 0.15) is 58.3 Å². The third-order valence-electron chi connectivity index (χ3n) is 3.82. The Balaban J connectivity index is 2.21. The number of nitrogens with two attached hydrogens (primary N) is 1. The number of hydrogen-bond donors (Lipinski definition) is 1. The molecule has 2 rings (SSSR count). The average Bonchev–Trinajstić information content (AvgIpc) is 2.76. The molecule has 0 spiro atoms. The molecule has 0 saturated heterocycles. The van der Waals surface area contributed by atoms with Gasteiger partial charge in [-0.05, 0) is 37.5 Å². The van der Waals surface area contributed by atoms with Crippen LogP contribution >= 0.6 is 0 Å². The summed E-state index contributed by atoms with van der Waals surface area (Å²) in [6.45, 7) is 5.71. The van der Waals surface area contributed by atoms with E-state index in [0.717, 1.165) is 0 Å². The lowest BCUT2D eigenvalue weighted by Crippen LogP contribution is -2.31. The van der Waals surface area contributed by atoms with E-state index in [1.54, 1.807) is 0 Å². The minimum atomic E-state index is -1.08. The number of carbonyl (C=O) groups is 4. The molecular weight excluding hydrogens is 312 g/mol. The van der Waals surface area contributed by atoms with Gasteiger partial charge in [-0.2, -0.15) is 0 Å². The third kappa shape index (κ3) is 3.45. The van der Waals surface area contributed by atoms with Crippen molar-refractivity contribution >= 4 is 23.7 Å². The first kappa shape index (κ1) is 17.7. The normalized spacial score (nSPS) is 14.8. The highest BCUT2D eigenvalue weighted by Crippen LogP contribution is 2.25. The molecule has 1 aromatic rings. The van der Waals surface area contributed by atoms with Gasteiger partial charge in [0.25, 0.3) is 17.7 Å². The Hall–Kier alpha value is -2.70. The molecule has 1 aliphatic heterocycles. The smallest absolute Gasteiger partial charge is 0.338 e. The number of esters is 1. The molecule has 128 valence electrons. The van der Waals surface area contributed by atoms with Gasteiger partial charge in [0.2, 0.25) is 0 Å². The molecule has 0 bridgehead atoms. The van der Waals surface area contributed by atoms with Crippen molar-refractivity contribution in [2.75, 3.05) is 6.54 Å². The van der Waals surface area contributed by atoms with Gasteiger partial charge in [0, 0.05) is 6.54 Å². The van der Waals surface area contributed by atoms with Gasteiger partial charge in [-0.1, -0.05) is 13.8 Å². The van der Waals surface area contributed by atoms with Crippen LogP contribution in [0.3, 0.4) is 0 Å². The second-order valence-electron chi connectivity index (χ2n) is 6.15. The van der Waals surface area contributed by atoms with Gasteiger partial charge < -0.3 is 10.5 Å². The van der Waals surface area contributed by atoms with Gasteiger partial charge in [-0.15, -0.1) is 0 Å². The lowest BCUT2D eigenvalue weighted by molar-refractivity contribution is -0.125. The van der Waals surface area contributed by atoms with Crippen LogP contribution in [0.5, 0.6) is 0 Å². The minimum Gasteiger partial charge on any atom is -0.449 e. The highest BCUT2D eigenvalue weighted by atomic mass is 16.5. The number of fused-ring (bicyclic) bond motifs is 1. The molecule has 7 heteroatoms. The summed E-state index contributed by atoms with van der Waals surface area (Å²) >= 11 is 0. The van der Waals surface area contributed by atoms with E-state index in [9.17, 15) is 19.2 Å². The van der Waals surface area contributed by atoms with E-state index in [-0.39, 0.29) is 22.6 Å². The van der Waals surface area contributed by atoms with E-state index < -0.39 is 23.9 Å². The fourth-order valence-electron chi connectivity index (χ4n) is 2.29. The molecule has 24 heavy (non-hydrogen) atoms. The summed E-state index contributed by atoms with van der Waals surface area (Å²) in [5.41, 5.74) is 5.58. The van der Waals surface area contributed by atoms with Gasteiger partial charge in [0.05, 0.1) is 16.7 Å². The van der Waals surface area contributed by atoms with Crippen LogP contribution in [-0.4, -0.2) is 41.2 Å². The van der Waals surface area contributed by atoms with Crippen LogP contribution in [0.2, 0.25) is 0 Å². The maximum atomic E-state index is 12.4. The quantitative estimate of drug-likeness (QED) is 0.625. The molecule has 0 unspecified atom stereocenters. The Labute approximate surface area is 139 Å². The summed E-state index contributed by atoms with van der Waals surface area (Å²) in [5, 5.41) is 0. The molecule has 0 fully saturated rings. The molecule has 1 aromatic carbocycles. The number of primary amides is 1. The molecule has 1 heterocycles. The maximum Gasteiger partial charge on any atom is 0.338 e. The average molecular weight is 332 g/mol. The zero-order valence-electron chi connectivity index (χ0n) is 13.9. The zero-order valence-corrected chi connectivity index (χ0v) is 13.9. The summed E-state index contributed by atoms with van der Waals surface area (Å²) in [7, 11) is 0. The van der Waals surface area contributed by atoms with E-state index in [1.807, 2.05) is 13.8 Å². The molecule has 3 amide bonds. The summed E-state index contributed by atoms with van der Waals surface area (Å²) in [4.78, 5) is 48.8. The first-order chi connectivity index (χ1) is 11.2. The van der Waals surface area contributed by atoms with E-state index >= 15 is 0 Å². The third-order valence-corrected chi connectivity index (χ3v) is 3.82. The number of rotatable bonds is 6. The molecule has 1 atom stereocenters. The standard InChI is InChI=1S/C17H20N2O5/c1-9(2)6-7-19-15(21)12-5-4-11(8-13(12)16(19)22)17(23)24-10(3)14(18)20/h4-5,8-10H,6-7H2,1-3H3,(H2,18,20)/t10-/m1/s1. The van der Waals surface area contributed by atoms with Crippen LogP contribution in [0.4, 0.5) is 0 Å². The number of carbonyl (C=O) groups excluding carboxylic acids is 4. The van der Waals surface area contributed by atoms with E-state index in [0.29, 0.717) is 18.9 Å². The van der Waals surface area contributed by atoms with Crippen LogP contribution in [0.25, 0.3) is 0 Å². The monoisotopic (exact) mass is 332 g/mol. The fraction of sp³-hybridized carbons (Fsp3) is 0.412. The Kier molecular flexibility index (Phi) is 5.02. The highest BCUT2D eigenvalue weighted by molar-refractivity contribution is 6.22. The molecule has 0 radical (unpaired) electrons. The Morgan fingerprint density at radius 2 is 1.75 bits per heavy atom. The lowest BCUT2D eigenvalue weighted by Gasteiger charge is -2.14. The number of amides is 3. The van der Waals surface area contributed by atoms with E-state index in [2.05, 4.69) is 0 Å².